The molecule has 0 saturated carbocycles. The number of rotatable bonds is 3. The molecule has 1 N–H and O–H groups in total. The van der Waals surface area contributed by atoms with Crippen LogP contribution >= 0.6 is 22.9 Å². The van der Waals surface area contributed by atoms with Crippen LogP contribution in [0.25, 0.3) is 10.1 Å². The van der Waals surface area contributed by atoms with Crippen LogP contribution in [0.3, 0.4) is 0 Å². The van der Waals surface area contributed by atoms with Crippen molar-refractivity contribution in [1.29, 1.82) is 0 Å². The summed E-state index contributed by atoms with van der Waals surface area (Å²) in [6.45, 7) is 3.45. The molecule has 0 amide bonds. The first-order valence-corrected chi connectivity index (χ1v) is 10.5. The summed E-state index contributed by atoms with van der Waals surface area (Å²) in [5, 5.41) is 4.71. The summed E-state index contributed by atoms with van der Waals surface area (Å²) in [4.78, 5) is 0. The summed E-state index contributed by atoms with van der Waals surface area (Å²) < 4.78 is 32.1. The Morgan fingerprint density at radius 1 is 1.16 bits per heavy atom. The van der Waals surface area contributed by atoms with Crippen LogP contribution in [0.4, 0.5) is 0 Å². The summed E-state index contributed by atoms with van der Waals surface area (Å²) in [6, 6.07) is 10.8. The van der Waals surface area contributed by atoms with E-state index in [2.05, 4.69) is 5.32 Å². The molecule has 0 unspecified atom stereocenters. The molecule has 0 fully saturated rings. The Bertz CT molecular complexity index is 1070. The van der Waals surface area contributed by atoms with Gasteiger partial charge in [0.2, 0.25) is 0 Å². The molecule has 0 atom stereocenters. The minimum Gasteiger partial charge on any atom is -0.378 e. The van der Waals surface area contributed by atoms with E-state index in [0.717, 1.165) is 35.2 Å². The number of aryl methyl sites for hydroxylation is 1. The minimum absolute atomic E-state index is 0.223. The number of benzene rings is 2. The largest absolute Gasteiger partial charge is 0.378 e. The Kier molecular flexibility index (Phi) is 4.24. The quantitative estimate of drug-likeness (QED) is 0.675. The number of hydrogen-bond donors (Lipinski definition) is 1. The van der Waals surface area contributed by atoms with E-state index in [1.54, 1.807) is 31.2 Å². The van der Waals surface area contributed by atoms with E-state index in [1.165, 1.54) is 16.9 Å². The van der Waals surface area contributed by atoms with E-state index in [4.69, 9.17) is 15.8 Å². The number of nitrogens with one attached hydrogen (secondary N) is 1. The first kappa shape index (κ1) is 16.8. The fourth-order valence-electron chi connectivity index (χ4n) is 3.08. The first-order chi connectivity index (χ1) is 11.9. The zero-order valence-corrected chi connectivity index (χ0v) is 15.9. The van der Waals surface area contributed by atoms with Crippen LogP contribution < -0.4 is 9.50 Å². The summed E-state index contributed by atoms with van der Waals surface area (Å²) >= 11 is 7.23. The molecule has 0 aliphatic carbocycles. The second-order valence-corrected chi connectivity index (χ2v) is 9.28. The van der Waals surface area contributed by atoms with Crippen LogP contribution in [-0.2, 0) is 23.1 Å². The van der Waals surface area contributed by atoms with Gasteiger partial charge in [-0.3, -0.25) is 0 Å². The fourth-order valence-corrected chi connectivity index (χ4v) is 5.87. The lowest BCUT2D eigenvalue weighted by Gasteiger charge is -2.17. The molecule has 0 saturated heterocycles. The number of thiophene rings is 1. The smallest absolute Gasteiger partial charge is 0.349 e. The van der Waals surface area contributed by atoms with Crippen LogP contribution in [-0.4, -0.2) is 15.0 Å². The minimum atomic E-state index is -3.89. The predicted octanol–water partition coefficient (Wildman–Crippen LogP) is 4.28. The van der Waals surface area contributed by atoms with Gasteiger partial charge < -0.3 is 9.50 Å². The molecular weight excluding hydrogens is 378 g/mol. The van der Waals surface area contributed by atoms with Gasteiger partial charge in [-0.15, -0.1) is 11.3 Å². The van der Waals surface area contributed by atoms with Gasteiger partial charge in [-0.05, 0) is 72.3 Å². The second-order valence-electron chi connectivity index (χ2n) is 6.05. The van der Waals surface area contributed by atoms with Gasteiger partial charge >= 0.3 is 10.1 Å². The molecule has 0 bridgehead atoms. The third-order valence-electron chi connectivity index (χ3n) is 4.35. The van der Waals surface area contributed by atoms with Gasteiger partial charge in [-0.25, -0.2) is 0 Å². The molecule has 7 heteroatoms. The Balaban J connectivity index is 1.71. The van der Waals surface area contributed by atoms with E-state index >= 15 is 0 Å². The summed E-state index contributed by atoms with van der Waals surface area (Å²) in [7, 11) is -3.89. The highest BCUT2D eigenvalue weighted by molar-refractivity contribution is 7.89. The van der Waals surface area contributed by atoms with Crippen LogP contribution in [0.1, 0.15) is 16.7 Å². The molecule has 4 rings (SSSR count). The molecule has 1 aliphatic heterocycles. The van der Waals surface area contributed by atoms with Gasteiger partial charge in [0, 0.05) is 16.3 Å². The average molecular weight is 394 g/mol. The Morgan fingerprint density at radius 2 is 2.00 bits per heavy atom. The average Bonchev–Trinajstić information content (AvgIpc) is 2.92. The normalized spacial score (nSPS) is 14.5. The molecule has 2 heterocycles. The van der Waals surface area contributed by atoms with Gasteiger partial charge in [0.05, 0.1) is 0 Å². The standard InChI is InChI=1S/C18H16ClNO3S2/c1-11-16-9-14(19)3-5-17(16)24-18(11)25(21,22)23-15-4-2-12-6-7-20-10-13(12)8-15/h2-5,8-9,20H,6-7,10H2,1H3. The topological polar surface area (TPSA) is 55.4 Å². The Morgan fingerprint density at radius 3 is 2.84 bits per heavy atom. The third-order valence-corrected chi connectivity index (χ3v) is 7.69. The van der Waals surface area contributed by atoms with Crippen molar-refractivity contribution in [3.05, 3.63) is 58.1 Å². The molecule has 0 spiro atoms. The van der Waals surface area contributed by atoms with Crippen molar-refractivity contribution in [3.8, 4) is 5.75 Å². The lowest BCUT2D eigenvalue weighted by molar-refractivity contribution is 0.486. The Labute approximate surface area is 155 Å². The van der Waals surface area contributed by atoms with Crippen LogP contribution in [0.15, 0.2) is 40.6 Å². The molecule has 4 nitrogen and oxygen atoms in total. The van der Waals surface area contributed by atoms with Crippen molar-refractivity contribution in [3.63, 3.8) is 0 Å². The van der Waals surface area contributed by atoms with E-state index in [9.17, 15) is 8.42 Å². The molecule has 3 aromatic rings. The van der Waals surface area contributed by atoms with Gasteiger partial charge in [-0.2, -0.15) is 8.42 Å². The van der Waals surface area contributed by atoms with Crippen molar-refractivity contribution < 1.29 is 12.6 Å². The zero-order chi connectivity index (χ0) is 17.6. The van der Waals surface area contributed by atoms with Crippen molar-refractivity contribution in [2.75, 3.05) is 6.54 Å². The van der Waals surface area contributed by atoms with Crippen molar-refractivity contribution in [2.45, 2.75) is 24.1 Å². The van der Waals surface area contributed by atoms with Gasteiger partial charge in [-0.1, -0.05) is 17.7 Å². The highest BCUT2D eigenvalue weighted by atomic mass is 35.5. The van der Waals surface area contributed by atoms with Crippen molar-refractivity contribution in [2.24, 2.45) is 0 Å². The zero-order valence-electron chi connectivity index (χ0n) is 13.5. The first-order valence-electron chi connectivity index (χ1n) is 7.90. The molecule has 25 heavy (non-hydrogen) atoms. The lowest BCUT2D eigenvalue weighted by atomic mass is 10.0. The fraction of sp³-hybridized carbons (Fsp3) is 0.222. The third kappa shape index (κ3) is 3.15. The van der Waals surface area contributed by atoms with Crippen molar-refractivity contribution in [1.82, 2.24) is 5.32 Å². The molecule has 2 aromatic carbocycles. The molecular formula is C18H16ClNO3S2. The van der Waals surface area contributed by atoms with Crippen molar-refractivity contribution >= 4 is 43.1 Å². The highest BCUT2D eigenvalue weighted by Gasteiger charge is 2.24. The molecule has 1 aliphatic rings. The molecule has 130 valence electrons. The molecule has 1 aromatic heterocycles. The SMILES string of the molecule is Cc1c(S(=O)(=O)Oc2ccc3c(c2)CNCC3)sc2ccc(Cl)cc12. The number of fused-ring (bicyclic) bond motifs is 2. The summed E-state index contributed by atoms with van der Waals surface area (Å²) in [5.74, 6) is 0.345. The summed E-state index contributed by atoms with van der Waals surface area (Å²) in [5.41, 5.74) is 2.98. The van der Waals surface area contributed by atoms with Gasteiger partial charge in [0.25, 0.3) is 0 Å². The summed E-state index contributed by atoms with van der Waals surface area (Å²) in [6.07, 6.45) is 0.943. The monoisotopic (exact) mass is 393 g/mol. The van der Waals surface area contributed by atoms with E-state index in [1.807, 2.05) is 12.1 Å². The maximum Gasteiger partial charge on any atom is 0.349 e. The van der Waals surface area contributed by atoms with E-state index in [0.29, 0.717) is 16.3 Å². The second kappa shape index (κ2) is 6.29. The van der Waals surface area contributed by atoms with Gasteiger partial charge in [0.1, 0.15) is 5.75 Å². The molecule has 0 radical (unpaired) electrons. The van der Waals surface area contributed by atoms with E-state index in [-0.39, 0.29) is 4.21 Å². The maximum atomic E-state index is 12.8. The highest BCUT2D eigenvalue weighted by Crippen LogP contribution is 2.37. The lowest BCUT2D eigenvalue weighted by Crippen LogP contribution is -2.23. The predicted molar refractivity (Wildman–Crippen MR) is 101 cm³/mol. The maximum absolute atomic E-state index is 12.8. The van der Waals surface area contributed by atoms with Crippen LogP contribution in [0.5, 0.6) is 5.75 Å². The Hall–Kier alpha value is -1.60. The van der Waals surface area contributed by atoms with Crippen LogP contribution in [0, 0.1) is 6.92 Å². The number of hydrogen-bond acceptors (Lipinski definition) is 5. The van der Waals surface area contributed by atoms with Gasteiger partial charge in [0.15, 0.2) is 4.21 Å². The van der Waals surface area contributed by atoms with Crippen LogP contribution in [0.2, 0.25) is 5.02 Å². The van der Waals surface area contributed by atoms with E-state index < -0.39 is 10.1 Å². The number of halogens is 1.